The first-order valence-electron chi connectivity index (χ1n) is 6.75. The number of ether oxygens (including phenoxy) is 2. The quantitative estimate of drug-likeness (QED) is 0.803. The highest BCUT2D eigenvalue weighted by molar-refractivity contribution is 9.10. The van der Waals surface area contributed by atoms with Crippen LogP contribution in [-0.2, 0) is 11.3 Å². The van der Waals surface area contributed by atoms with Gasteiger partial charge in [-0.1, -0.05) is 30.3 Å². The average molecular weight is 366 g/mol. The molecule has 22 heavy (non-hydrogen) atoms. The molecule has 2 aromatic rings. The monoisotopic (exact) mass is 365 g/mol. The molecule has 114 valence electrons. The van der Waals surface area contributed by atoms with Gasteiger partial charge in [0, 0.05) is 6.07 Å². The van der Waals surface area contributed by atoms with E-state index < -0.39 is 11.9 Å². The summed E-state index contributed by atoms with van der Waals surface area (Å²) in [6, 6.07) is 12.2. The standard InChI is InChI=1S/C16H13BrFNO3/c17-12-8-14-15(9-13(12)18)21-7-6-19(14)16(20)22-10-11-4-2-1-3-5-11/h1-5,8-9H,6-7,10H2. The van der Waals surface area contributed by atoms with Gasteiger partial charge in [0.05, 0.1) is 16.7 Å². The Morgan fingerprint density at radius 3 is 2.86 bits per heavy atom. The third-order valence-electron chi connectivity index (χ3n) is 3.29. The predicted octanol–water partition coefficient (Wildman–Crippen LogP) is 4.12. The third-order valence-corrected chi connectivity index (χ3v) is 3.90. The number of rotatable bonds is 2. The van der Waals surface area contributed by atoms with Gasteiger partial charge in [0.15, 0.2) is 0 Å². The van der Waals surface area contributed by atoms with Crippen LogP contribution < -0.4 is 9.64 Å². The number of hydrogen-bond donors (Lipinski definition) is 0. The van der Waals surface area contributed by atoms with Crippen molar-refractivity contribution in [2.24, 2.45) is 0 Å². The number of fused-ring (bicyclic) bond motifs is 1. The number of benzene rings is 2. The van der Waals surface area contributed by atoms with Gasteiger partial charge in [0.25, 0.3) is 0 Å². The Kier molecular flexibility index (Phi) is 4.29. The molecule has 0 aromatic heterocycles. The van der Waals surface area contributed by atoms with Gasteiger partial charge in [0.2, 0.25) is 0 Å². The van der Waals surface area contributed by atoms with Crippen LogP contribution in [0.5, 0.6) is 5.75 Å². The zero-order valence-electron chi connectivity index (χ0n) is 11.6. The molecule has 0 bridgehead atoms. The highest BCUT2D eigenvalue weighted by Gasteiger charge is 2.26. The molecule has 0 radical (unpaired) electrons. The number of carbonyl (C=O) groups is 1. The van der Waals surface area contributed by atoms with Crippen molar-refractivity contribution in [3.8, 4) is 5.75 Å². The first-order valence-corrected chi connectivity index (χ1v) is 7.54. The second-order valence-corrected chi connectivity index (χ2v) is 5.63. The lowest BCUT2D eigenvalue weighted by molar-refractivity contribution is 0.144. The SMILES string of the molecule is O=C(OCc1ccccc1)N1CCOc2cc(F)c(Br)cc21. The summed E-state index contributed by atoms with van der Waals surface area (Å²) in [4.78, 5) is 13.7. The van der Waals surface area contributed by atoms with Crippen LogP contribution in [0.25, 0.3) is 0 Å². The molecule has 3 rings (SSSR count). The summed E-state index contributed by atoms with van der Waals surface area (Å²) < 4.78 is 24.5. The van der Waals surface area contributed by atoms with Gasteiger partial charge in [-0.3, -0.25) is 4.90 Å². The van der Waals surface area contributed by atoms with Crippen LogP contribution in [0.4, 0.5) is 14.9 Å². The van der Waals surface area contributed by atoms with Gasteiger partial charge < -0.3 is 9.47 Å². The number of hydrogen-bond acceptors (Lipinski definition) is 3. The number of carbonyl (C=O) groups excluding carboxylic acids is 1. The lowest BCUT2D eigenvalue weighted by Crippen LogP contribution is -2.38. The van der Waals surface area contributed by atoms with Gasteiger partial charge >= 0.3 is 6.09 Å². The Morgan fingerprint density at radius 2 is 2.09 bits per heavy atom. The molecule has 2 aromatic carbocycles. The fraction of sp³-hybridized carbons (Fsp3) is 0.188. The molecule has 4 nitrogen and oxygen atoms in total. The summed E-state index contributed by atoms with van der Waals surface area (Å²) in [5.41, 5.74) is 1.40. The fourth-order valence-electron chi connectivity index (χ4n) is 2.20. The largest absolute Gasteiger partial charge is 0.489 e. The zero-order chi connectivity index (χ0) is 15.5. The number of amides is 1. The minimum Gasteiger partial charge on any atom is -0.489 e. The summed E-state index contributed by atoms with van der Waals surface area (Å²) in [5.74, 6) is -0.0955. The Hall–Kier alpha value is -2.08. The van der Waals surface area contributed by atoms with E-state index in [-0.39, 0.29) is 11.1 Å². The number of anilines is 1. The lowest BCUT2D eigenvalue weighted by Gasteiger charge is -2.29. The van der Waals surface area contributed by atoms with Crippen LogP contribution in [0, 0.1) is 5.82 Å². The van der Waals surface area contributed by atoms with Crippen molar-refractivity contribution in [3.63, 3.8) is 0 Å². The smallest absolute Gasteiger partial charge is 0.414 e. The molecule has 0 unspecified atom stereocenters. The van der Waals surface area contributed by atoms with E-state index >= 15 is 0 Å². The molecule has 0 atom stereocenters. The minimum absolute atomic E-state index is 0.189. The highest BCUT2D eigenvalue weighted by atomic mass is 79.9. The summed E-state index contributed by atoms with van der Waals surface area (Å²) in [7, 11) is 0. The first kappa shape index (κ1) is 14.8. The molecule has 1 amide bonds. The molecule has 0 fully saturated rings. The predicted molar refractivity (Wildman–Crippen MR) is 83.6 cm³/mol. The lowest BCUT2D eigenvalue weighted by atomic mass is 10.2. The van der Waals surface area contributed by atoms with E-state index in [2.05, 4.69) is 15.9 Å². The molecular formula is C16H13BrFNO3. The molecule has 0 N–H and O–H groups in total. The van der Waals surface area contributed by atoms with Gasteiger partial charge in [-0.25, -0.2) is 9.18 Å². The molecule has 0 saturated carbocycles. The van der Waals surface area contributed by atoms with Crippen molar-refractivity contribution in [2.45, 2.75) is 6.61 Å². The highest BCUT2D eigenvalue weighted by Crippen LogP contribution is 2.36. The Balaban J connectivity index is 1.76. The van der Waals surface area contributed by atoms with Crippen molar-refractivity contribution in [1.29, 1.82) is 0 Å². The van der Waals surface area contributed by atoms with Crippen molar-refractivity contribution >= 4 is 27.7 Å². The molecule has 1 heterocycles. The molecule has 0 saturated heterocycles. The summed E-state index contributed by atoms with van der Waals surface area (Å²) in [5, 5.41) is 0. The third kappa shape index (κ3) is 3.06. The molecule has 6 heteroatoms. The van der Waals surface area contributed by atoms with Crippen LogP contribution in [-0.4, -0.2) is 19.2 Å². The zero-order valence-corrected chi connectivity index (χ0v) is 13.2. The second-order valence-electron chi connectivity index (χ2n) is 4.77. The number of halogens is 2. The molecule has 0 spiro atoms. The van der Waals surface area contributed by atoms with E-state index in [1.807, 2.05) is 30.3 Å². The Bertz CT molecular complexity index is 693. The maximum absolute atomic E-state index is 13.5. The Labute approximate surface area is 135 Å². The van der Waals surface area contributed by atoms with E-state index in [0.29, 0.717) is 24.6 Å². The summed E-state index contributed by atoms with van der Waals surface area (Å²) >= 11 is 3.12. The van der Waals surface area contributed by atoms with Crippen LogP contribution >= 0.6 is 15.9 Å². The van der Waals surface area contributed by atoms with Gasteiger partial charge in [-0.2, -0.15) is 0 Å². The second kappa shape index (κ2) is 6.36. The first-order chi connectivity index (χ1) is 10.6. The van der Waals surface area contributed by atoms with Crippen molar-refractivity contribution in [2.75, 3.05) is 18.1 Å². The normalized spacial score (nSPS) is 13.3. The van der Waals surface area contributed by atoms with E-state index in [4.69, 9.17) is 9.47 Å². The fourth-order valence-corrected chi connectivity index (χ4v) is 2.53. The Morgan fingerprint density at radius 1 is 1.32 bits per heavy atom. The van der Waals surface area contributed by atoms with Gasteiger partial charge in [-0.15, -0.1) is 0 Å². The van der Waals surface area contributed by atoms with Crippen molar-refractivity contribution in [1.82, 2.24) is 0 Å². The molecule has 0 aliphatic carbocycles. The molecule has 1 aliphatic heterocycles. The maximum atomic E-state index is 13.5. The number of nitrogens with zero attached hydrogens (tertiary/aromatic N) is 1. The van der Waals surface area contributed by atoms with Crippen molar-refractivity contribution < 1.29 is 18.7 Å². The van der Waals surface area contributed by atoms with Crippen LogP contribution in [0.3, 0.4) is 0 Å². The van der Waals surface area contributed by atoms with Crippen LogP contribution in [0.15, 0.2) is 46.9 Å². The van der Waals surface area contributed by atoms with E-state index in [1.165, 1.54) is 17.0 Å². The minimum atomic E-state index is -0.480. The maximum Gasteiger partial charge on any atom is 0.414 e. The van der Waals surface area contributed by atoms with E-state index in [1.54, 1.807) is 0 Å². The van der Waals surface area contributed by atoms with E-state index in [9.17, 15) is 9.18 Å². The van der Waals surface area contributed by atoms with Crippen molar-refractivity contribution in [3.05, 3.63) is 58.3 Å². The average Bonchev–Trinajstić information content (AvgIpc) is 2.54. The van der Waals surface area contributed by atoms with Crippen LogP contribution in [0.2, 0.25) is 0 Å². The van der Waals surface area contributed by atoms with Crippen LogP contribution in [0.1, 0.15) is 5.56 Å². The van der Waals surface area contributed by atoms with Gasteiger partial charge in [-0.05, 0) is 27.6 Å². The summed E-state index contributed by atoms with van der Waals surface area (Å²) in [6.45, 7) is 0.849. The van der Waals surface area contributed by atoms with E-state index in [0.717, 1.165) is 5.56 Å². The topological polar surface area (TPSA) is 38.8 Å². The molecule has 1 aliphatic rings. The van der Waals surface area contributed by atoms with Gasteiger partial charge in [0.1, 0.15) is 24.8 Å². The summed E-state index contributed by atoms with van der Waals surface area (Å²) in [6.07, 6.45) is -0.480. The molecular weight excluding hydrogens is 353 g/mol.